The maximum absolute atomic E-state index is 5.41. The molecule has 68 heavy (non-hydrogen) atoms. The van der Waals surface area contributed by atoms with Crippen molar-refractivity contribution in [2.24, 2.45) is 0 Å². The quantitative estimate of drug-likeness (QED) is 0.153. The lowest BCUT2D eigenvalue weighted by atomic mass is 9.92. The third-order valence-electron chi connectivity index (χ3n) is 12.9. The van der Waals surface area contributed by atoms with E-state index in [1.165, 1.54) is 42.0 Å². The fraction of sp³-hybridized carbons (Fsp3) is 0. The van der Waals surface area contributed by atoms with Gasteiger partial charge in [0.25, 0.3) is 0 Å². The van der Waals surface area contributed by atoms with Crippen molar-refractivity contribution in [3.05, 3.63) is 237 Å². The number of benzene rings is 9. The average Bonchev–Trinajstić information content (AvgIpc) is 3.95. The van der Waals surface area contributed by atoms with Crippen LogP contribution in [0.25, 0.3) is 126 Å². The number of pyridine rings is 1. The van der Waals surface area contributed by atoms with Gasteiger partial charge in [0, 0.05) is 70.6 Å². The van der Waals surface area contributed by atoms with Gasteiger partial charge in [-0.3, -0.25) is 4.98 Å². The zero-order valence-corrected chi connectivity index (χ0v) is 37.5. The van der Waals surface area contributed by atoms with Gasteiger partial charge >= 0.3 is 0 Å². The number of thiophene rings is 1. The van der Waals surface area contributed by atoms with Crippen molar-refractivity contribution in [2.45, 2.75) is 0 Å². The summed E-state index contributed by atoms with van der Waals surface area (Å²) < 4.78 is 4.85. The van der Waals surface area contributed by atoms with Crippen LogP contribution >= 0.6 is 11.3 Å². The first-order valence-electron chi connectivity index (χ1n) is 22.8. The summed E-state index contributed by atoms with van der Waals surface area (Å²) in [5.74, 6) is 1.75. The Morgan fingerprint density at radius 1 is 0.309 bits per heavy atom. The van der Waals surface area contributed by atoms with Crippen molar-refractivity contribution >= 4 is 53.3 Å². The standard InChI is InChI=1S/C62H39N5S/c1-6-18-40(19-7-1)45-32-46(41-20-8-2-9-21-41)34-47(33-45)48-36-54(62-65-60(42-22-10-3-11-23-42)64-61(66-62)43-24-12-4-13-25-43)59(63-39-48)44-30-31-57-52(35-44)53-37-56-51(38-58(53)68-57)50-28-16-17-29-55(50)67(56)49-26-14-5-15-27-49/h1-39H. The van der Waals surface area contributed by atoms with Gasteiger partial charge < -0.3 is 4.57 Å². The molecule has 13 aromatic rings. The summed E-state index contributed by atoms with van der Waals surface area (Å²) in [4.78, 5) is 21.0. The van der Waals surface area contributed by atoms with Gasteiger partial charge in [0.15, 0.2) is 17.5 Å². The molecule has 0 unspecified atom stereocenters. The topological polar surface area (TPSA) is 56.5 Å². The number of nitrogens with zero attached hydrogens (tertiary/aromatic N) is 5. The molecule has 0 radical (unpaired) electrons. The zero-order valence-electron chi connectivity index (χ0n) is 36.7. The van der Waals surface area contributed by atoms with E-state index in [-0.39, 0.29) is 0 Å². The molecule has 0 amide bonds. The first-order chi connectivity index (χ1) is 33.7. The Labute approximate surface area is 397 Å². The van der Waals surface area contributed by atoms with Crippen LogP contribution in [0.3, 0.4) is 0 Å². The maximum Gasteiger partial charge on any atom is 0.166 e. The van der Waals surface area contributed by atoms with E-state index in [4.69, 9.17) is 19.9 Å². The molecule has 0 atom stereocenters. The highest BCUT2D eigenvalue weighted by molar-refractivity contribution is 7.25. The van der Waals surface area contributed by atoms with Crippen molar-refractivity contribution in [3.8, 4) is 84.5 Å². The molecule has 0 spiro atoms. The summed E-state index contributed by atoms with van der Waals surface area (Å²) in [6.07, 6.45) is 2.01. The first kappa shape index (κ1) is 39.5. The monoisotopic (exact) mass is 885 g/mol. The molecule has 0 bridgehead atoms. The highest BCUT2D eigenvalue weighted by atomic mass is 32.1. The lowest BCUT2D eigenvalue weighted by molar-refractivity contribution is 1.07. The van der Waals surface area contributed by atoms with E-state index in [1.807, 2.05) is 78.2 Å². The van der Waals surface area contributed by atoms with Crippen LogP contribution in [-0.2, 0) is 0 Å². The molecule has 318 valence electrons. The fourth-order valence-corrected chi connectivity index (χ4v) is 10.7. The molecule has 0 aliphatic carbocycles. The minimum absolute atomic E-state index is 0.550. The average molecular weight is 886 g/mol. The maximum atomic E-state index is 5.41. The van der Waals surface area contributed by atoms with Crippen molar-refractivity contribution in [1.29, 1.82) is 0 Å². The minimum atomic E-state index is 0.550. The molecule has 4 aromatic heterocycles. The lowest BCUT2D eigenvalue weighted by Gasteiger charge is -2.15. The number of fused-ring (bicyclic) bond motifs is 6. The SMILES string of the molecule is c1ccc(-c2cc(-c3ccccc3)cc(-c3cnc(-c4ccc5sc6cc7c8ccccc8n(-c8ccccc8)c7cc6c5c4)c(-c4nc(-c5ccccc5)nc(-c5ccccc5)n4)c3)c2)cc1. The Morgan fingerprint density at radius 3 is 1.44 bits per heavy atom. The van der Waals surface area contributed by atoms with E-state index >= 15 is 0 Å². The Bertz CT molecular complexity index is 3880. The minimum Gasteiger partial charge on any atom is -0.309 e. The van der Waals surface area contributed by atoms with Gasteiger partial charge in [-0.1, -0.05) is 164 Å². The van der Waals surface area contributed by atoms with Crippen LogP contribution < -0.4 is 0 Å². The summed E-state index contributed by atoms with van der Waals surface area (Å²) >= 11 is 1.83. The van der Waals surface area contributed by atoms with E-state index in [0.717, 1.165) is 67.0 Å². The predicted octanol–water partition coefficient (Wildman–Crippen LogP) is 16.4. The number of aromatic nitrogens is 5. The van der Waals surface area contributed by atoms with E-state index in [2.05, 4.69) is 174 Å². The highest BCUT2D eigenvalue weighted by Crippen LogP contribution is 2.43. The van der Waals surface area contributed by atoms with Gasteiger partial charge in [0.1, 0.15) is 0 Å². The van der Waals surface area contributed by atoms with Crippen LogP contribution in [0.4, 0.5) is 0 Å². The molecule has 5 nitrogen and oxygen atoms in total. The molecule has 6 heteroatoms. The molecule has 0 fully saturated rings. The van der Waals surface area contributed by atoms with Gasteiger partial charge in [0.2, 0.25) is 0 Å². The zero-order chi connectivity index (χ0) is 45.0. The summed E-state index contributed by atoms with van der Waals surface area (Å²) in [6.45, 7) is 0. The summed E-state index contributed by atoms with van der Waals surface area (Å²) in [5, 5.41) is 4.88. The summed E-state index contributed by atoms with van der Waals surface area (Å²) in [6, 6.07) is 81.3. The van der Waals surface area contributed by atoms with Crippen LogP contribution in [0.5, 0.6) is 0 Å². The van der Waals surface area contributed by atoms with Gasteiger partial charge in [0.05, 0.1) is 16.7 Å². The van der Waals surface area contributed by atoms with E-state index in [1.54, 1.807) is 0 Å². The molecule has 0 aliphatic heterocycles. The molecule has 0 aliphatic rings. The van der Waals surface area contributed by atoms with Crippen molar-refractivity contribution < 1.29 is 0 Å². The normalized spacial score (nSPS) is 11.5. The number of hydrogen-bond acceptors (Lipinski definition) is 5. The van der Waals surface area contributed by atoms with E-state index < -0.39 is 0 Å². The van der Waals surface area contributed by atoms with Crippen LogP contribution in [0.2, 0.25) is 0 Å². The summed E-state index contributed by atoms with van der Waals surface area (Å²) in [5.41, 5.74) is 14.5. The van der Waals surface area contributed by atoms with Crippen LogP contribution in [0.15, 0.2) is 237 Å². The first-order valence-corrected chi connectivity index (χ1v) is 23.6. The Kier molecular flexibility index (Phi) is 9.62. The Balaban J connectivity index is 1.05. The smallest absolute Gasteiger partial charge is 0.166 e. The van der Waals surface area contributed by atoms with Gasteiger partial charge in [-0.05, 0) is 94.5 Å². The van der Waals surface area contributed by atoms with Crippen LogP contribution in [-0.4, -0.2) is 24.5 Å². The third-order valence-corrected chi connectivity index (χ3v) is 14.0. The van der Waals surface area contributed by atoms with Gasteiger partial charge in [-0.25, -0.2) is 15.0 Å². The number of rotatable bonds is 8. The van der Waals surface area contributed by atoms with Crippen LogP contribution in [0, 0.1) is 0 Å². The highest BCUT2D eigenvalue weighted by Gasteiger charge is 2.21. The van der Waals surface area contributed by atoms with E-state index in [9.17, 15) is 0 Å². The number of hydrogen-bond donors (Lipinski definition) is 0. The van der Waals surface area contributed by atoms with Crippen molar-refractivity contribution in [3.63, 3.8) is 0 Å². The second-order valence-corrected chi connectivity index (χ2v) is 18.1. The van der Waals surface area contributed by atoms with E-state index in [0.29, 0.717) is 17.5 Å². The van der Waals surface area contributed by atoms with Crippen molar-refractivity contribution in [1.82, 2.24) is 24.5 Å². The predicted molar refractivity (Wildman–Crippen MR) is 283 cm³/mol. The number of para-hydroxylation sites is 2. The molecule has 9 aromatic carbocycles. The molecule has 0 saturated heterocycles. The molecule has 4 heterocycles. The molecular weight excluding hydrogens is 847 g/mol. The Morgan fingerprint density at radius 2 is 0.824 bits per heavy atom. The third kappa shape index (κ3) is 7.03. The molecule has 0 N–H and O–H groups in total. The van der Waals surface area contributed by atoms with Gasteiger partial charge in [-0.15, -0.1) is 11.3 Å². The molecule has 0 saturated carbocycles. The van der Waals surface area contributed by atoms with Crippen molar-refractivity contribution in [2.75, 3.05) is 0 Å². The summed E-state index contributed by atoms with van der Waals surface area (Å²) in [7, 11) is 0. The Hall–Kier alpha value is -8.84. The van der Waals surface area contributed by atoms with Gasteiger partial charge in [-0.2, -0.15) is 0 Å². The lowest BCUT2D eigenvalue weighted by Crippen LogP contribution is -2.02. The largest absolute Gasteiger partial charge is 0.309 e. The second kappa shape index (κ2) is 16.5. The second-order valence-electron chi connectivity index (χ2n) is 17.1. The molecular formula is C62H39N5S. The fourth-order valence-electron chi connectivity index (χ4n) is 9.58. The molecule has 13 rings (SSSR count). The van der Waals surface area contributed by atoms with Crippen LogP contribution in [0.1, 0.15) is 0 Å².